The van der Waals surface area contributed by atoms with Gasteiger partial charge in [-0.25, -0.2) is 0 Å². The maximum atomic E-state index is 11.2. The van der Waals surface area contributed by atoms with Gasteiger partial charge in [-0.15, -0.1) is 0 Å². The number of carbonyl (C=O) groups excluding carboxylic acids is 1. The van der Waals surface area contributed by atoms with Crippen LogP contribution >= 0.6 is 11.3 Å². The molecule has 0 atom stereocenters. The Labute approximate surface area is 149 Å². The molecule has 3 rings (SSSR count). The van der Waals surface area contributed by atoms with Crippen molar-refractivity contribution in [2.24, 2.45) is 17.6 Å². The molecule has 1 aliphatic carbocycles. The van der Waals surface area contributed by atoms with E-state index in [4.69, 9.17) is 10.5 Å². The lowest BCUT2D eigenvalue weighted by atomic mass is 9.84. The van der Waals surface area contributed by atoms with Crippen molar-refractivity contribution >= 4 is 17.2 Å². The van der Waals surface area contributed by atoms with Crippen LogP contribution in [0.25, 0.3) is 0 Å². The lowest BCUT2D eigenvalue weighted by Gasteiger charge is -2.32. The number of hydrogen-bond acceptors (Lipinski definition) is 4. The van der Waals surface area contributed by atoms with E-state index in [0.29, 0.717) is 6.10 Å². The molecule has 2 heterocycles. The molecule has 24 heavy (non-hydrogen) atoms. The van der Waals surface area contributed by atoms with Crippen LogP contribution < -0.4 is 5.73 Å². The smallest absolute Gasteiger partial charge is 0.220 e. The first-order valence-corrected chi connectivity index (χ1v) is 10.3. The summed E-state index contributed by atoms with van der Waals surface area (Å²) in [4.78, 5) is 13.6. The lowest BCUT2D eigenvalue weighted by molar-refractivity contribution is -0.123. The molecule has 0 aromatic carbocycles. The average Bonchev–Trinajstić information content (AvgIpc) is 3.10. The minimum Gasteiger partial charge on any atom is -0.377 e. The maximum Gasteiger partial charge on any atom is 0.220 e. The predicted octanol–water partition coefficient (Wildman–Crippen LogP) is 3.06. The highest BCUT2D eigenvalue weighted by molar-refractivity contribution is 7.07. The molecule has 5 heteroatoms. The number of hydrogen-bond donors (Lipinski definition) is 1. The fraction of sp³-hybridized carbons (Fsp3) is 0.737. The van der Waals surface area contributed by atoms with Crippen LogP contribution in [0.4, 0.5) is 0 Å². The summed E-state index contributed by atoms with van der Waals surface area (Å²) in [5.74, 6) is 0.790. The van der Waals surface area contributed by atoms with Gasteiger partial charge in [0, 0.05) is 12.5 Å². The molecule has 0 unspecified atom stereocenters. The zero-order valence-electron chi connectivity index (χ0n) is 14.5. The molecule has 4 nitrogen and oxygen atoms in total. The number of amides is 1. The van der Waals surface area contributed by atoms with Gasteiger partial charge in [0.05, 0.1) is 12.7 Å². The second kappa shape index (κ2) is 8.97. The zero-order valence-corrected chi connectivity index (χ0v) is 15.3. The Balaban J connectivity index is 1.27. The average molecular weight is 351 g/mol. The first kappa shape index (κ1) is 17.9. The number of rotatable bonds is 7. The molecule has 0 bridgehead atoms. The normalized spacial score (nSPS) is 26.5. The number of carbonyl (C=O) groups is 1. The van der Waals surface area contributed by atoms with E-state index in [0.717, 1.165) is 45.0 Å². The van der Waals surface area contributed by atoms with E-state index < -0.39 is 0 Å². The number of likely N-dealkylation sites (tertiary alicyclic amines) is 1. The highest BCUT2D eigenvalue weighted by Crippen LogP contribution is 2.29. The summed E-state index contributed by atoms with van der Waals surface area (Å²) in [6.07, 6.45) is 8.51. The number of nitrogens with two attached hydrogens (primary N) is 1. The van der Waals surface area contributed by atoms with Gasteiger partial charge in [0.25, 0.3) is 0 Å². The summed E-state index contributed by atoms with van der Waals surface area (Å²) in [6, 6.07) is 2.26. The van der Waals surface area contributed by atoms with Gasteiger partial charge in [-0.2, -0.15) is 11.3 Å². The monoisotopic (exact) mass is 350 g/mol. The summed E-state index contributed by atoms with van der Waals surface area (Å²) in [5.41, 5.74) is 6.89. The molecule has 1 aromatic heterocycles. The van der Waals surface area contributed by atoms with E-state index in [1.54, 1.807) is 11.3 Å². The molecule has 0 spiro atoms. The largest absolute Gasteiger partial charge is 0.377 e. The number of thiophene rings is 1. The molecule has 0 radical (unpaired) electrons. The Kier molecular flexibility index (Phi) is 6.69. The van der Waals surface area contributed by atoms with Crippen molar-refractivity contribution in [3.05, 3.63) is 22.4 Å². The van der Waals surface area contributed by atoms with E-state index in [2.05, 4.69) is 21.7 Å². The van der Waals surface area contributed by atoms with Crippen LogP contribution in [0.1, 0.15) is 44.1 Å². The van der Waals surface area contributed by atoms with Crippen LogP contribution in [0.5, 0.6) is 0 Å². The third-order valence-electron chi connectivity index (χ3n) is 5.65. The van der Waals surface area contributed by atoms with Gasteiger partial charge in [0.2, 0.25) is 5.91 Å². The summed E-state index contributed by atoms with van der Waals surface area (Å²) in [6.45, 7) is 3.76. The quantitative estimate of drug-likeness (QED) is 0.822. The maximum absolute atomic E-state index is 11.2. The molecule has 1 amide bonds. The van der Waals surface area contributed by atoms with Gasteiger partial charge in [0.15, 0.2) is 0 Å². The van der Waals surface area contributed by atoms with E-state index in [-0.39, 0.29) is 11.8 Å². The molecule has 1 saturated carbocycles. The van der Waals surface area contributed by atoms with Crippen LogP contribution in [0, 0.1) is 11.8 Å². The van der Waals surface area contributed by atoms with Crippen LogP contribution in [-0.2, 0) is 16.0 Å². The second-order valence-corrected chi connectivity index (χ2v) is 8.15. The Morgan fingerprint density at radius 2 is 1.96 bits per heavy atom. The van der Waals surface area contributed by atoms with E-state index >= 15 is 0 Å². The SMILES string of the molecule is NC(=O)C1CCN(CCOC2CCC(Cc3ccsc3)CC2)CC1. The van der Waals surface area contributed by atoms with Crippen molar-refractivity contribution in [3.63, 3.8) is 0 Å². The summed E-state index contributed by atoms with van der Waals surface area (Å²) in [7, 11) is 0. The topological polar surface area (TPSA) is 55.6 Å². The van der Waals surface area contributed by atoms with Crippen LogP contribution in [0.3, 0.4) is 0 Å². The summed E-state index contributed by atoms with van der Waals surface area (Å²) >= 11 is 1.80. The Morgan fingerprint density at radius 1 is 1.21 bits per heavy atom. The zero-order chi connectivity index (χ0) is 16.8. The second-order valence-electron chi connectivity index (χ2n) is 7.37. The number of ether oxygens (including phenoxy) is 1. The van der Waals surface area contributed by atoms with Gasteiger partial charge in [-0.3, -0.25) is 4.79 Å². The van der Waals surface area contributed by atoms with Crippen molar-refractivity contribution in [3.8, 4) is 0 Å². The fourth-order valence-electron chi connectivity index (χ4n) is 4.03. The van der Waals surface area contributed by atoms with E-state index in [1.165, 1.54) is 37.7 Å². The van der Waals surface area contributed by atoms with Gasteiger partial charge < -0.3 is 15.4 Å². The highest BCUT2D eigenvalue weighted by Gasteiger charge is 2.24. The third-order valence-corrected chi connectivity index (χ3v) is 6.38. The third kappa shape index (κ3) is 5.30. The van der Waals surface area contributed by atoms with Crippen molar-refractivity contribution in [1.29, 1.82) is 0 Å². The molecule has 1 aromatic rings. The molecule has 2 fully saturated rings. The van der Waals surface area contributed by atoms with Crippen molar-refractivity contribution in [1.82, 2.24) is 4.90 Å². The van der Waals surface area contributed by atoms with E-state index in [9.17, 15) is 4.79 Å². The van der Waals surface area contributed by atoms with Crippen LogP contribution in [0.15, 0.2) is 16.8 Å². The van der Waals surface area contributed by atoms with Crippen LogP contribution in [0.2, 0.25) is 0 Å². The first-order valence-electron chi connectivity index (χ1n) is 9.35. The van der Waals surface area contributed by atoms with Crippen LogP contribution in [-0.4, -0.2) is 43.2 Å². The number of nitrogens with zero attached hydrogens (tertiary/aromatic N) is 1. The predicted molar refractivity (Wildman–Crippen MR) is 98.1 cm³/mol. The van der Waals surface area contributed by atoms with Crippen molar-refractivity contribution < 1.29 is 9.53 Å². The number of primary amides is 1. The first-order chi connectivity index (χ1) is 11.7. The summed E-state index contributed by atoms with van der Waals surface area (Å²) in [5, 5.41) is 4.46. The van der Waals surface area contributed by atoms with Crippen molar-refractivity contribution in [2.75, 3.05) is 26.2 Å². The van der Waals surface area contributed by atoms with E-state index in [1.807, 2.05) is 0 Å². The molecule has 2 aliphatic rings. The van der Waals surface area contributed by atoms with Gasteiger partial charge >= 0.3 is 0 Å². The standard InChI is InChI=1S/C19H30N2O2S/c20-19(22)17-5-8-21(9-6-17)10-11-23-18-3-1-15(2-4-18)13-16-7-12-24-14-16/h7,12,14-15,17-18H,1-6,8-11,13H2,(H2,20,22). The lowest BCUT2D eigenvalue weighted by Crippen LogP contribution is -2.40. The van der Waals surface area contributed by atoms with Gasteiger partial charge in [-0.1, -0.05) is 0 Å². The molecule has 1 aliphatic heterocycles. The molecular weight excluding hydrogens is 320 g/mol. The minimum absolute atomic E-state index is 0.0840. The van der Waals surface area contributed by atoms with Gasteiger partial charge in [-0.05, 0) is 86.3 Å². The minimum atomic E-state index is -0.134. The summed E-state index contributed by atoms with van der Waals surface area (Å²) < 4.78 is 6.11. The fourth-order valence-corrected chi connectivity index (χ4v) is 4.72. The van der Waals surface area contributed by atoms with Crippen molar-refractivity contribution in [2.45, 2.75) is 51.0 Å². The highest BCUT2D eigenvalue weighted by atomic mass is 32.1. The van der Waals surface area contributed by atoms with Gasteiger partial charge in [0.1, 0.15) is 0 Å². The molecular formula is C19H30N2O2S. The molecule has 1 saturated heterocycles. The Bertz CT molecular complexity index is 489. The molecule has 134 valence electrons. The Hall–Kier alpha value is -0.910. The molecule has 2 N–H and O–H groups in total. The number of piperidine rings is 1. The Morgan fingerprint density at radius 3 is 2.58 bits per heavy atom.